The summed E-state index contributed by atoms with van der Waals surface area (Å²) in [5.41, 5.74) is 3.17. The molecule has 0 aliphatic heterocycles. The van der Waals surface area contributed by atoms with Gasteiger partial charge >= 0.3 is 6.18 Å². The van der Waals surface area contributed by atoms with Crippen molar-refractivity contribution in [3.05, 3.63) is 78.1 Å². The van der Waals surface area contributed by atoms with Gasteiger partial charge in [-0.25, -0.2) is 13.4 Å². The molecule has 0 radical (unpaired) electrons. The fourth-order valence-electron chi connectivity index (χ4n) is 5.82. The lowest BCUT2D eigenvalue weighted by Gasteiger charge is -2.30. The first-order valence-electron chi connectivity index (χ1n) is 13.3. The van der Waals surface area contributed by atoms with Gasteiger partial charge in [0.25, 0.3) is 0 Å². The van der Waals surface area contributed by atoms with E-state index in [1.54, 1.807) is 42.6 Å². The van der Waals surface area contributed by atoms with E-state index in [-0.39, 0.29) is 18.9 Å². The highest BCUT2D eigenvalue weighted by atomic mass is 32.2. The summed E-state index contributed by atoms with van der Waals surface area (Å²) in [6.07, 6.45) is 2.18. The van der Waals surface area contributed by atoms with Gasteiger partial charge in [0.15, 0.2) is 9.84 Å². The van der Waals surface area contributed by atoms with Gasteiger partial charge < -0.3 is 10.3 Å². The molecule has 0 amide bonds. The fourth-order valence-corrected chi connectivity index (χ4v) is 7.61. The smallest absolute Gasteiger partial charge is 0.382 e. The van der Waals surface area contributed by atoms with Crippen LogP contribution < -0.4 is 5.32 Å². The summed E-state index contributed by atoms with van der Waals surface area (Å²) in [6, 6.07) is 15.7. The quantitative estimate of drug-likeness (QED) is 0.262. The predicted molar refractivity (Wildman–Crippen MR) is 147 cm³/mol. The lowest BCUT2D eigenvalue weighted by atomic mass is 9.93. The average molecular weight is 554 g/mol. The lowest BCUT2D eigenvalue weighted by molar-refractivity contribution is -0.160. The topological polar surface area (TPSA) is 74.8 Å². The monoisotopic (exact) mass is 553 g/mol. The molecule has 0 spiro atoms. The number of nitrogens with one attached hydrogen (secondary N) is 2. The van der Waals surface area contributed by atoms with Crippen molar-refractivity contribution in [1.82, 2.24) is 9.97 Å². The zero-order valence-electron chi connectivity index (χ0n) is 21.6. The molecule has 204 valence electrons. The molecule has 2 heterocycles. The van der Waals surface area contributed by atoms with Crippen molar-refractivity contribution < 1.29 is 21.6 Å². The molecule has 2 saturated carbocycles. The van der Waals surface area contributed by atoms with E-state index >= 15 is 0 Å². The Morgan fingerprint density at radius 2 is 1.62 bits per heavy atom. The molecule has 2 aliphatic carbocycles. The molecular weight excluding hydrogens is 523 g/mol. The van der Waals surface area contributed by atoms with Crippen LogP contribution in [-0.4, -0.2) is 35.9 Å². The van der Waals surface area contributed by atoms with Gasteiger partial charge in [0.2, 0.25) is 0 Å². The number of H-pyrrole nitrogens is 1. The van der Waals surface area contributed by atoms with Crippen molar-refractivity contribution >= 4 is 26.6 Å². The predicted octanol–water partition coefficient (Wildman–Crippen LogP) is 7.33. The molecule has 39 heavy (non-hydrogen) atoms. The summed E-state index contributed by atoms with van der Waals surface area (Å²) in [4.78, 5) is 7.92. The van der Waals surface area contributed by atoms with Crippen LogP contribution in [0, 0.1) is 6.92 Å². The zero-order valence-corrected chi connectivity index (χ0v) is 22.4. The van der Waals surface area contributed by atoms with Crippen LogP contribution in [0.15, 0.2) is 71.9 Å². The van der Waals surface area contributed by atoms with Crippen molar-refractivity contribution in [2.24, 2.45) is 0 Å². The van der Waals surface area contributed by atoms with E-state index in [1.165, 1.54) is 0 Å². The highest BCUT2D eigenvalue weighted by molar-refractivity contribution is 7.92. The van der Waals surface area contributed by atoms with Gasteiger partial charge in [-0.3, -0.25) is 0 Å². The summed E-state index contributed by atoms with van der Waals surface area (Å²) >= 11 is 0. The molecule has 2 fully saturated rings. The number of aromatic nitrogens is 2. The van der Waals surface area contributed by atoms with Gasteiger partial charge in [0.05, 0.1) is 15.6 Å². The van der Waals surface area contributed by atoms with E-state index in [0.717, 1.165) is 33.4 Å². The van der Waals surface area contributed by atoms with Crippen LogP contribution in [0.3, 0.4) is 0 Å². The van der Waals surface area contributed by atoms with Crippen LogP contribution in [-0.2, 0) is 15.3 Å². The van der Waals surface area contributed by atoms with E-state index in [1.807, 2.05) is 25.3 Å². The standard InChI is InChI=1S/C30H30F3N3O2S/c1-19-17-34-28-27(19)16-21(18-35-28)20-2-10-25(11-3-20)39(37,38)26-12-8-24(9-13-26)36-23-6-4-22(5-7-23)29(14-15-29)30(31,32)33/h2-7,10-11,16-18,24,26,36H,8-9,12-15H2,1H3,(H,34,35). The summed E-state index contributed by atoms with van der Waals surface area (Å²) in [5.74, 6) is 0. The van der Waals surface area contributed by atoms with Crippen LogP contribution in [0.2, 0.25) is 0 Å². The van der Waals surface area contributed by atoms with Crippen LogP contribution in [0.4, 0.5) is 18.9 Å². The van der Waals surface area contributed by atoms with Gasteiger partial charge in [-0.15, -0.1) is 0 Å². The Morgan fingerprint density at radius 1 is 0.949 bits per heavy atom. The number of alkyl halides is 3. The Hall–Kier alpha value is -3.33. The molecule has 6 rings (SSSR count). The molecule has 2 N–H and O–H groups in total. The highest BCUT2D eigenvalue weighted by Crippen LogP contribution is 2.58. The maximum absolute atomic E-state index is 13.4. The zero-order chi connectivity index (χ0) is 27.4. The minimum atomic E-state index is -4.22. The third-order valence-corrected chi connectivity index (χ3v) is 10.7. The number of fused-ring (bicyclic) bond motifs is 1. The maximum atomic E-state index is 13.4. The molecule has 0 atom stereocenters. The van der Waals surface area contributed by atoms with Crippen molar-refractivity contribution in [3.8, 4) is 11.1 Å². The number of hydrogen-bond donors (Lipinski definition) is 2. The number of aromatic amines is 1. The summed E-state index contributed by atoms with van der Waals surface area (Å²) < 4.78 is 66.9. The summed E-state index contributed by atoms with van der Waals surface area (Å²) in [6.45, 7) is 2.02. The molecule has 2 aliphatic rings. The van der Waals surface area contributed by atoms with Crippen molar-refractivity contribution in [2.75, 3.05) is 5.32 Å². The molecule has 9 heteroatoms. The SMILES string of the molecule is Cc1c[nH]c2ncc(-c3ccc(S(=O)(=O)C4CCC(Nc5ccc(C6(C(F)(F)F)CC6)cc5)CC4)cc3)cc12. The molecule has 4 aromatic rings. The van der Waals surface area contributed by atoms with Crippen LogP contribution >= 0.6 is 0 Å². The van der Waals surface area contributed by atoms with Crippen LogP contribution in [0.5, 0.6) is 0 Å². The first kappa shape index (κ1) is 25.9. The summed E-state index contributed by atoms with van der Waals surface area (Å²) in [5, 5.41) is 3.97. The Bertz CT molecular complexity index is 1600. The highest BCUT2D eigenvalue weighted by Gasteiger charge is 2.64. The molecule has 0 bridgehead atoms. The van der Waals surface area contributed by atoms with Gasteiger partial charge in [-0.2, -0.15) is 13.2 Å². The third kappa shape index (κ3) is 4.71. The lowest BCUT2D eigenvalue weighted by Crippen LogP contribution is -2.33. The Kier molecular flexibility index (Phi) is 6.25. The molecule has 2 aromatic heterocycles. The molecule has 0 saturated heterocycles. The van der Waals surface area contributed by atoms with Gasteiger partial charge in [0, 0.05) is 35.1 Å². The number of nitrogens with zero attached hydrogens (tertiary/aromatic N) is 1. The molecule has 2 aromatic carbocycles. The number of sulfone groups is 1. The summed E-state index contributed by atoms with van der Waals surface area (Å²) in [7, 11) is -3.47. The Labute approximate surface area is 225 Å². The Morgan fingerprint density at radius 3 is 2.23 bits per heavy atom. The fraction of sp³-hybridized carbons (Fsp3) is 0.367. The van der Waals surface area contributed by atoms with Crippen LogP contribution in [0.25, 0.3) is 22.2 Å². The van der Waals surface area contributed by atoms with E-state index < -0.39 is 26.7 Å². The molecular formula is C30H30F3N3O2S. The van der Waals surface area contributed by atoms with Gasteiger partial charge in [-0.05, 0) is 92.5 Å². The van der Waals surface area contributed by atoms with Crippen LogP contribution in [0.1, 0.15) is 49.7 Å². The first-order chi connectivity index (χ1) is 18.6. The molecule has 5 nitrogen and oxygen atoms in total. The molecule has 0 unspecified atom stereocenters. The second-order valence-corrected chi connectivity index (χ2v) is 13.2. The number of pyridine rings is 1. The van der Waals surface area contributed by atoms with Crippen molar-refractivity contribution in [1.29, 1.82) is 0 Å². The first-order valence-corrected chi connectivity index (χ1v) is 14.8. The average Bonchev–Trinajstić information content (AvgIpc) is 3.68. The van der Waals surface area contributed by atoms with E-state index in [9.17, 15) is 21.6 Å². The van der Waals surface area contributed by atoms with E-state index in [4.69, 9.17) is 0 Å². The minimum absolute atomic E-state index is 0.0847. The van der Waals surface area contributed by atoms with Gasteiger partial charge in [-0.1, -0.05) is 24.3 Å². The van der Waals surface area contributed by atoms with Gasteiger partial charge in [0.1, 0.15) is 5.65 Å². The second-order valence-electron chi connectivity index (χ2n) is 10.9. The van der Waals surface area contributed by atoms with E-state index in [2.05, 4.69) is 21.4 Å². The number of aryl methyl sites for hydroxylation is 1. The number of rotatable bonds is 6. The van der Waals surface area contributed by atoms with Crippen molar-refractivity contribution in [3.63, 3.8) is 0 Å². The Balaban J connectivity index is 1.08. The van der Waals surface area contributed by atoms with Crippen molar-refractivity contribution in [2.45, 2.75) is 73.2 Å². The number of benzene rings is 2. The minimum Gasteiger partial charge on any atom is -0.382 e. The number of hydrogen-bond acceptors (Lipinski definition) is 4. The largest absolute Gasteiger partial charge is 0.398 e. The number of halogens is 3. The maximum Gasteiger partial charge on any atom is 0.398 e. The third-order valence-electron chi connectivity index (χ3n) is 8.47. The number of anilines is 1. The second kappa shape index (κ2) is 9.40. The van der Waals surface area contributed by atoms with E-state index in [0.29, 0.717) is 36.1 Å². The normalized spacial score (nSPS) is 21.1.